The molecule has 0 radical (unpaired) electrons. The second kappa shape index (κ2) is 11.8. The summed E-state index contributed by atoms with van der Waals surface area (Å²) in [5.74, 6) is -0.521. The lowest BCUT2D eigenvalue weighted by atomic mass is 9.88. The van der Waals surface area contributed by atoms with E-state index in [0.717, 1.165) is 12.1 Å². The molecule has 0 saturated carbocycles. The highest BCUT2D eigenvalue weighted by Gasteiger charge is 2.57. The molecule has 0 fully saturated rings. The lowest BCUT2D eigenvalue weighted by molar-refractivity contribution is -0.265. The number of amides is 1. The topological polar surface area (TPSA) is 83.5 Å². The number of aliphatic hydroxyl groups is 1. The SMILES string of the molecule is C=C(/C=C\C(F)=C(C)C)c1cc(C(C)(C)NC(C)C)cc(C(O)(CNC(=O)OC(C)(C)C)C(F)(F)F)n1. The molecule has 1 heterocycles. The van der Waals surface area contributed by atoms with Gasteiger partial charge in [0.25, 0.3) is 0 Å². The Bertz CT molecular complexity index is 1050. The van der Waals surface area contributed by atoms with Crippen LogP contribution in [0.25, 0.3) is 5.57 Å². The standard InChI is InChI=1S/C27H39F4N3O3/c1-16(2)20(28)12-11-18(5)21-13-19(25(9,10)34-17(3)4)14-22(33-21)26(36,27(29,30)31)15-32-23(35)37-24(6,7)8/h11-14,17,34,36H,5,15H2,1-4,6-10H3,(H,32,35)/b12-11-. The number of nitrogens with one attached hydrogen (secondary N) is 2. The van der Waals surface area contributed by atoms with Crippen LogP contribution in [0.5, 0.6) is 0 Å². The van der Waals surface area contributed by atoms with Gasteiger partial charge in [-0.05, 0) is 83.4 Å². The number of hydrogen-bond donors (Lipinski definition) is 3. The molecule has 0 aliphatic carbocycles. The Morgan fingerprint density at radius 1 is 1.14 bits per heavy atom. The van der Waals surface area contributed by atoms with Crippen LogP contribution >= 0.6 is 0 Å². The fraction of sp³-hybridized carbons (Fsp3) is 0.556. The first-order chi connectivity index (χ1) is 16.6. The molecule has 0 aromatic carbocycles. The van der Waals surface area contributed by atoms with E-state index >= 15 is 0 Å². The van der Waals surface area contributed by atoms with Crippen LogP contribution in [0.4, 0.5) is 22.4 Å². The van der Waals surface area contributed by atoms with E-state index in [1.807, 2.05) is 19.2 Å². The van der Waals surface area contributed by atoms with Crippen molar-refractivity contribution in [3.8, 4) is 0 Å². The smallest absolute Gasteiger partial charge is 0.424 e. The second-order valence-electron chi connectivity index (χ2n) is 11.0. The number of alkyl halides is 3. The molecule has 0 aliphatic heterocycles. The van der Waals surface area contributed by atoms with Crippen LogP contribution in [-0.4, -0.2) is 40.5 Å². The van der Waals surface area contributed by atoms with E-state index < -0.39 is 47.1 Å². The van der Waals surface area contributed by atoms with E-state index in [9.17, 15) is 27.5 Å². The number of alkyl carbamates (subject to hydrolysis) is 1. The van der Waals surface area contributed by atoms with Crippen LogP contribution in [0.2, 0.25) is 0 Å². The number of ether oxygens (including phenoxy) is 1. The summed E-state index contributed by atoms with van der Waals surface area (Å²) in [4.78, 5) is 16.1. The van der Waals surface area contributed by atoms with Gasteiger partial charge in [0.05, 0.1) is 17.9 Å². The predicted molar refractivity (Wildman–Crippen MR) is 137 cm³/mol. The minimum Gasteiger partial charge on any atom is -0.444 e. The third-order valence-electron chi connectivity index (χ3n) is 5.21. The van der Waals surface area contributed by atoms with Crippen molar-refractivity contribution in [3.05, 3.63) is 59.2 Å². The fourth-order valence-electron chi connectivity index (χ4n) is 3.35. The number of rotatable bonds is 9. The quantitative estimate of drug-likeness (QED) is 0.254. The number of carbonyl (C=O) groups excluding carboxylic acids is 1. The van der Waals surface area contributed by atoms with Crippen molar-refractivity contribution < 1.29 is 32.2 Å². The third-order valence-corrected chi connectivity index (χ3v) is 5.21. The van der Waals surface area contributed by atoms with Crippen LogP contribution in [0.1, 0.15) is 79.3 Å². The zero-order valence-electron chi connectivity index (χ0n) is 23.0. The van der Waals surface area contributed by atoms with E-state index in [0.29, 0.717) is 11.1 Å². The molecule has 0 spiro atoms. The average molecular weight is 530 g/mol. The molecule has 1 unspecified atom stereocenters. The van der Waals surface area contributed by atoms with Crippen LogP contribution in [0, 0.1) is 0 Å². The monoisotopic (exact) mass is 529 g/mol. The van der Waals surface area contributed by atoms with Crippen molar-refractivity contribution in [1.82, 2.24) is 15.6 Å². The lowest BCUT2D eigenvalue weighted by Crippen LogP contribution is -2.52. The molecule has 208 valence electrons. The van der Waals surface area contributed by atoms with Crippen molar-refractivity contribution in [2.75, 3.05) is 6.54 Å². The first-order valence-corrected chi connectivity index (χ1v) is 11.9. The normalized spacial score (nSPS) is 14.5. The number of aromatic nitrogens is 1. The molecule has 0 bridgehead atoms. The number of halogens is 4. The molecular formula is C27H39F4N3O3. The summed E-state index contributed by atoms with van der Waals surface area (Å²) >= 11 is 0. The van der Waals surface area contributed by atoms with Gasteiger partial charge in [0, 0.05) is 11.6 Å². The number of hydrogen-bond acceptors (Lipinski definition) is 5. The lowest BCUT2D eigenvalue weighted by Gasteiger charge is -2.34. The van der Waals surface area contributed by atoms with Crippen molar-refractivity contribution in [3.63, 3.8) is 0 Å². The average Bonchev–Trinajstić information content (AvgIpc) is 2.72. The number of carbonyl (C=O) groups is 1. The molecule has 1 atom stereocenters. The van der Waals surface area contributed by atoms with Gasteiger partial charge in [-0.2, -0.15) is 13.2 Å². The van der Waals surface area contributed by atoms with E-state index in [1.165, 1.54) is 12.1 Å². The van der Waals surface area contributed by atoms with Gasteiger partial charge in [0.2, 0.25) is 5.60 Å². The molecule has 6 nitrogen and oxygen atoms in total. The van der Waals surface area contributed by atoms with Crippen LogP contribution in [-0.2, 0) is 15.9 Å². The molecule has 1 aromatic heterocycles. The van der Waals surface area contributed by atoms with Gasteiger partial charge >= 0.3 is 12.3 Å². The van der Waals surface area contributed by atoms with Gasteiger partial charge in [-0.1, -0.05) is 26.5 Å². The van der Waals surface area contributed by atoms with E-state index in [-0.39, 0.29) is 17.3 Å². The van der Waals surface area contributed by atoms with Crippen LogP contribution < -0.4 is 10.6 Å². The Balaban J connectivity index is 3.71. The molecule has 1 aromatic rings. The summed E-state index contributed by atoms with van der Waals surface area (Å²) in [6.45, 7) is 17.7. The van der Waals surface area contributed by atoms with Gasteiger partial charge in [0.1, 0.15) is 11.4 Å². The molecule has 1 rings (SSSR count). The minimum atomic E-state index is -5.22. The maximum Gasteiger partial charge on any atom is 0.424 e. The second-order valence-corrected chi connectivity index (χ2v) is 11.0. The van der Waals surface area contributed by atoms with E-state index in [2.05, 4.69) is 16.9 Å². The number of pyridine rings is 1. The molecular weight excluding hydrogens is 490 g/mol. The molecule has 0 aliphatic rings. The van der Waals surface area contributed by atoms with Crippen LogP contribution in [0.3, 0.4) is 0 Å². The zero-order valence-corrected chi connectivity index (χ0v) is 23.0. The summed E-state index contributed by atoms with van der Waals surface area (Å²) in [5.41, 5.74) is -5.19. The Hall–Kier alpha value is -2.72. The molecule has 10 heteroatoms. The third kappa shape index (κ3) is 9.27. The predicted octanol–water partition coefficient (Wildman–Crippen LogP) is 6.42. The van der Waals surface area contributed by atoms with Crippen molar-refractivity contribution >= 4 is 11.7 Å². The summed E-state index contributed by atoms with van der Waals surface area (Å²) in [6, 6.07) is 2.64. The largest absolute Gasteiger partial charge is 0.444 e. The molecule has 0 saturated heterocycles. The Morgan fingerprint density at radius 3 is 2.16 bits per heavy atom. The van der Waals surface area contributed by atoms with E-state index in [4.69, 9.17) is 4.74 Å². The summed E-state index contributed by atoms with van der Waals surface area (Å²) in [6.07, 6.45) is -3.90. The Labute approximate surface area is 216 Å². The van der Waals surface area contributed by atoms with Gasteiger partial charge in [-0.3, -0.25) is 0 Å². The van der Waals surface area contributed by atoms with Crippen molar-refractivity contribution in [2.24, 2.45) is 0 Å². The van der Waals surface area contributed by atoms with Crippen molar-refractivity contribution in [1.29, 1.82) is 0 Å². The maximum absolute atomic E-state index is 14.3. The van der Waals surface area contributed by atoms with Crippen molar-refractivity contribution in [2.45, 2.75) is 91.3 Å². The summed E-state index contributed by atoms with van der Waals surface area (Å²) < 4.78 is 61.9. The molecule has 37 heavy (non-hydrogen) atoms. The van der Waals surface area contributed by atoms with Gasteiger partial charge in [0.15, 0.2) is 0 Å². The Kier molecular flexibility index (Phi) is 10.3. The minimum absolute atomic E-state index is 0.00359. The first-order valence-electron chi connectivity index (χ1n) is 11.9. The summed E-state index contributed by atoms with van der Waals surface area (Å²) in [7, 11) is 0. The van der Waals surface area contributed by atoms with Gasteiger partial charge in [-0.25, -0.2) is 14.2 Å². The maximum atomic E-state index is 14.3. The fourth-order valence-corrected chi connectivity index (χ4v) is 3.35. The number of nitrogens with zero attached hydrogens (tertiary/aromatic N) is 1. The Morgan fingerprint density at radius 2 is 1.70 bits per heavy atom. The van der Waals surface area contributed by atoms with Crippen LogP contribution in [0.15, 0.2) is 42.3 Å². The molecule has 1 amide bonds. The van der Waals surface area contributed by atoms with E-state index in [1.54, 1.807) is 48.5 Å². The highest BCUT2D eigenvalue weighted by molar-refractivity contribution is 5.71. The first kappa shape index (κ1) is 32.3. The van der Waals surface area contributed by atoms with Gasteiger partial charge < -0.3 is 20.5 Å². The molecule has 3 N–H and O–H groups in total. The summed E-state index contributed by atoms with van der Waals surface area (Å²) in [5, 5.41) is 16.2. The number of allylic oxidation sites excluding steroid dienone is 5. The van der Waals surface area contributed by atoms with Gasteiger partial charge in [-0.15, -0.1) is 0 Å². The highest BCUT2D eigenvalue weighted by atomic mass is 19.4. The zero-order chi connectivity index (χ0) is 29.0. The highest BCUT2D eigenvalue weighted by Crippen LogP contribution is 2.39.